The fourth-order valence-corrected chi connectivity index (χ4v) is 4.53. The Bertz CT molecular complexity index is 1550. The maximum absolute atomic E-state index is 13.2. The van der Waals surface area contributed by atoms with E-state index in [0.717, 1.165) is 29.2 Å². The van der Waals surface area contributed by atoms with Crippen molar-refractivity contribution in [3.63, 3.8) is 0 Å². The standard InChI is InChI=1S/C28H29F3N8O2/c1-18-7-8-21(35-27(40)19-5-4-6-20(13-19)28(29,30)31)14-22(18)37(3)26-16-25(38-9-11-41-12-10-38)36-39(26)24-15-23(32-2)33-17-34-24/h4-8,13-17H,9-12H2,1-3H3,(H,35,40)(H,32,33,34). The van der Waals surface area contributed by atoms with Crippen LogP contribution in [0.15, 0.2) is 60.9 Å². The molecule has 0 unspecified atom stereocenters. The van der Waals surface area contributed by atoms with E-state index in [4.69, 9.17) is 9.84 Å². The highest BCUT2D eigenvalue weighted by Gasteiger charge is 2.31. The molecule has 0 aliphatic carbocycles. The van der Waals surface area contributed by atoms with Crippen LogP contribution in [0, 0.1) is 6.92 Å². The molecule has 0 radical (unpaired) electrons. The second kappa shape index (κ2) is 11.5. The van der Waals surface area contributed by atoms with Gasteiger partial charge >= 0.3 is 6.18 Å². The molecule has 2 aromatic carbocycles. The monoisotopic (exact) mass is 566 g/mol. The van der Waals surface area contributed by atoms with Crippen LogP contribution in [0.4, 0.5) is 42.0 Å². The van der Waals surface area contributed by atoms with Gasteiger partial charge in [0.15, 0.2) is 11.6 Å². The van der Waals surface area contributed by atoms with Crippen LogP contribution < -0.4 is 20.4 Å². The zero-order chi connectivity index (χ0) is 29.1. The van der Waals surface area contributed by atoms with Crippen molar-refractivity contribution in [2.24, 2.45) is 0 Å². The van der Waals surface area contributed by atoms with Gasteiger partial charge < -0.3 is 25.2 Å². The summed E-state index contributed by atoms with van der Waals surface area (Å²) in [6, 6.07) is 13.4. The summed E-state index contributed by atoms with van der Waals surface area (Å²) in [6.45, 7) is 4.52. The molecule has 4 aromatic rings. The average molecular weight is 567 g/mol. The Hall–Kier alpha value is -4.65. The number of morpholine rings is 1. The van der Waals surface area contributed by atoms with Gasteiger partial charge in [-0.25, -0.2) is 9.97 Å². The predicted molar refractivity (Wildman–Crippen MR) is 150 cm³/mol. The Balaban J connectivity index is 1.48. The Kier molecular flexibility index (Phi) is 7.79. The third-order valence-electron chi connectivity index (χ3n) is 6.76. The van der Waals surface area contributed by atoms with Gasteiger partial charge in [0, 0.05) is 56.3 Å². The van der Waals surface area contributed by atoms with E-state index in [1.807, 2.05) is 31.0 Å². The molecule has 1 aliphatic heterocycles. The number of benzene rings is 2. The predicted octanol–water partition coefficient (Wildman–Crippen LogP) is 4.89. The van der Waals surface area contributed by atoms with Crippen LogP contribution in [0.25, 0.3) is 5.82 Å². The van der Waals surface area contributed by atoms with Gasteiger partial charge in [-0.15, -0.1) is 5.10 Å². The quantitative estimate of drug-likeness (QED) is 0.326. The second-order valence-corrected chi connectivity index (χ2v) is 9.48. The Morgan fingerprint density at radius 2 is 1.80 bits per heavy atom. The fraction of sp³-hybridized carbons (Fsp3) is 0.286. The summed E-state index contributed by atoms with van der Waals surface area (Å²) >= 11 is 0. The molecule has 2 N–H and O–H groups in total. The number of ether oxygens (including phenoxy) is 1. The van der Waals surface area contributed by atoms with E-state index in [2.05, 4.69) is 25.5 Å². The molecule has 0 atom stereocenters. The SMILES string of the molecule is CNc1cc(-n2nc(N3CCOCC3)cc2N(C)c2cc(NC(=O)c3cccc(C(F)(F)F)c3)ccc2C)ncn1. The summed E-state index contributed by atoms with van der Waals surface area (Å²) in [7, 11) is 3.64. The lowest BCUT2D eigenvalue weighted by Crippen LogP contribution is -2.36. The number of anilines is 5. The molecule has 3 heterocycles. The van der Waals surface area contributed by atoms with Crippen LogP contribution in [0.3, 0.4) is 0 Å². The molecule has 13 heteroatoms. The number of halogens is 3. The highest BCUT2D eigenvalue weighted by molar-refractivity contribution is 6.04. The van der Waals surface area contributed by atoms with Crippen molar-refractivity contribution in [1.82, 2.24) is 19.7 Å². The first-order valence-electron chi connectivity index (χ1n) is 12.9. The number of aromatic nitrogens is 4. The van der Waals surface area contributed by atoms with E-state index in [1.54, 1.807) is 29.9 Å². The first-order valence-corrected chi connectivity index (χ1v) is 12.9. The summed E-state index contributed by atoms with van der Waals surface area (Å²) in [6.07, 6.45) is -3.09. The lowest BCUT2D eigenvalue weighted by Gasteiger charge is -2.26. The van der Waals surface area contributed by atoms with Crippen LogP contribution >= 0.6 is 0 Å². The van der Waals surface area contributed by atoms with Gasteiger partial charge in [-0.2, -0.15) is 17.9 Å². The van der Waals surface area contributed by atoms with Gasteiger partial charge in [0.05, 0.1) is 18.8 Å². The number of hydrogen-bond donors (Lipinski definition) is 2. The van der Waals surface area contributed by atoms with Crippen molar-refractivity contribution in [2.45, 2.75) is 13.1 Å². The molecule has 10 nitrogen and oxygen atoms in total. The second-order valence-electron chi connectivity index (χ2n) is 9.48. The van der Waals surface area contributed by atoms with Crippen molar-refractivity contribution >= 4 is 34.7 Å². The minimum absolute atomic E-state index is 0.0902. The van der Waals surface area contributed by atoms with Crippen LogP contribution in [0.1, 0.15) is 21.5 Å². The van der Waals surface area contributed by atoms with Crippen LogP contribution in [-0.2, 0) is 10.9 Å². The van der Waals surface area contributed by atoms with Gasteiger partial charge in [0.25, 0.3) is 5.91 Å². The first-order chi connectivity index (χ1) is 19.6. The molecule has 1 aliphatic rings. The molecule has 1 saturated heterocycles. The van der Waals surface area contributed by atoms with E-state index in [1.165, 1.54) is 18.5 Å². The van der Waals surface area contributed by atoms with Gasteiger partial charge in [-0.3, -0.25) is 4.79 Å². The zero-order valence-electron chi connectivity index (χ0n) is 22.7. The largest absolute Gasteiger partial charge is 0.416 e. The number of rotatable bonds is 7. The summed E-state index contributed by atoms with van der Waals surface area (Å²) < 4.78 is 46.7. The van der Waals surface area contributed by atoms with E-state index in [9.17, 15) is 18.0 Å². The maximum Gasteiger partial charge on any atom is 0.416 e. The van der Waals surface area contributed by atoms with E-state index in [-0.39, 0.29) is 5.56 Å². The molecule has 214 valence electrons. The molecule has 0 spiro atoms. The van der Waals surface area contributed by atoms with Crippen LogP contribution in [0.2, 0.25) is 0 Å². The molecule has 0 saturated carbocycles. The Morgan fingerprint density at radius 3 is 2.54 bits per heavy atom. The third kappa shape index (κ3) is 6.09. The van der Waals surface area contributed by atoms with E-state index < -0.39 is 17.6 Å². The average Bonchev–Trinajstić information content (AvgIpc) is 3.43. The Morgan fingerprint density at radius 1 is 1.02 bits per heavy atom. The van der Waals surface area contributed by atoms with Crippen molar-refractivity contribution in [3.05, 3.63) is 77.6 Å². The van der Waals surface area contributed by atoms with Crippen molar-refractivity contribution in [1.29, 1.82) is 0 Å². The zero-order valence-corrected chi connectivity index (χ0v) is 22.7. The number of carbonyl (C=O) groups is 1. The minimum atomic E-state index is -4.54. The fourth-order valence-electron chi connectivity index (χ4n) is 4.53. The highest BCUT2D eigenvalue weighted by atomic mass is 19.4. The first kappa shape index (κ1) is 27.9. The minimum Gasteiger partial charge on any atom is -0.378 e. The van der Waals surface area contributed by atoms with E-state index >= 15 is 0 Å². The summed E-state index contributed by atoms with van der Waals surface area (Å²) in [5.41, 5.74) is 1.12. The molecule has 1 fully saturated rings. The highest BCUT2D eigenvalue weighted by Crippen LogP contribution is 2.34. The number of nitrogens with one attached hydrogen (secondary N) is 2. The molecule has 5 rings (SSSR count). The third-order valence-corrected chi connectivity index (χ3v) is 6.76. The smallest absolute Gasteiger partial charge is 0.378 e. The topological polar surface area (TPSA) is 100 Å². The van der Waals surface area contributed by atoms with E-state index in [0.29, 0.717) is 49.4 Å². The normalized spacial score (nSPS) is 13.7. The van der Waals surface area contributed by atoms with Gasteiger partial charge in [0.2, 0.25) is 0 Å². The number of nitrogens with zero attached hydrogens (tertiary/aromatic N) is 6. The van der Waals surface area contributed by atoms with Crippen molar-refractivity contribution in [3.8, 4) is 5.82 Å². The summed E-state index contributed by atoms with van der Waals surface area (Å²) in [5.74, 6) is 2.00. The number of aryl methyl sites for hydroxylation is 1. The summed E-state index contributed by atoms with van der Waals surface area (Å²) in [4.78, 5) is 25.6. The molecular formula is C28H29F3N8O2. The molecule has 2 aromatic heterocycles. The molecule has 1 amide bonds. The maximum atomic E-state index is 13.2. The number of amides is 1. The van der Waals surface area contributed by atoms with Crippen molar-refractivity contribution < 1.29 is 22.7 Å². The number of carbonyl (C=O) groups excluding carboxylic acids is 1. The van der Waals surface area contributed by atoms with Gasteiger partial charge in [-0.05, 0) is 42.8 Å². The number of alkyl halides is 3. The van der Waals surface area contributed by atoms with Gasteiger partial charge in [0.1, 0.15) is 18.0 Å². The van der Waals surface area contributed by atoms with Crippen LogP contribution in [-0.4, -0.2) is 66.1 Å². The lowest BCUT2D eigenvalue weighted by molar-refractivity contribution is -0.137. The van der Waals surface area contributed by atoms with Crippen LogP contribution in [0.5, 0.6) is 0 Å². The molecule has 41 heavy (non-hydrogen) atoms. The molecule has 0 bridgehead atoms. The van der Waals surface area contributed by atoms with Gasteiger partial charge in [-0.1, -0.05) is 12.1 Å². The lowest BCUT2D eigenvalue weighted by atomic mass is 10.1. The van der Waals surface area contributed by atoms with Crippen molar-refractivity contribution in [2.75, 3.05) is 60.8 Å². The number of hydrogen-bond acceptors (Lipinski definition) is 8. The molecular weight excluding hydrogens is 537 g/mol. The Labute approximate surface area is 234 Å². The summed E-state index contributed by atoms with van der Waals surface area (Å²) in [5, 5.41) is 10.6.